The molecule has 0 unspecified atom stereocenters. The van der Waals surface area contributed by atoms with Crippen LogP contribution < -0.4 is 28.7 Å². The third kappa shape index (κ3) is 11.6. The second-order valence-corrected chi connectivity index (χ2v) is 25.4. The minimum absolute atomic E-state index is 0.145. The summed E-state index contributed by atoms with van der Waals surface area (Å²) >= 11 is 0. The molecule has 0 N–H and O–H groups in total. The number of rotatable bonds is 10. The summed E-state index contributed by atoms with van der Waals surface area (Å²) in [7, 11) is 4.20. The van der Waals surface area contributed by atoms with Crippen LogP contribution in [-0.2, 0) is 49.9 Å². The Hall–Kier alpha value is -7.52. The molecule has 4 heterocycles. The van der Waals surface area contributed by atoms with E-state index >= 15 is 0 Å². The Morgan fingerprint density at radius 1 is 0.329 bits per heavy atom. The molecule has 8 heteroatoms. The van der Waals surface area contributed by atoms with E-state index in [4.69, 9.17) is 18.9 Å². The first kappa shape index (κ1) is 56.3. The monoisotopic (exact) mass is 1090 g/mol. The SMILES string of the molecule is Cc1ccc(Cc2ccc(N3COc4c(C)cc(C(C)(C)c5cc(C)c6c(c5)CN(C)CO6)cc4C3)c(C)c2)cc1C.Cc1ccc(Cc2ccc(N3COc4ccc(C(C)(C)c5ccc6c(c5)CN(C)CO6)cc4C3)c(C)c2)cc1C. The van der Waals surface area contributed by atoms with Crippen LogP contribution in [0, 0.1) is 55.4 Å². The zero-order chi connectivity index (χ0) is 57.8. The highest BCUT2D eigenvalue weighted by Crippen LogP contribution is 2.43. The zero-order valence-electron chi connectivity index (χ0n) is 51.2. The van der Waals surface area contributed by atoms with Gasteiger partial charge in [-0.25, -0.2) is 0 Å². The molecule has 424 valence electrons. The maximum Gasteiger partial charge on any atom is 0.161 e. The molecule has 0 fully saturated rings. The summed E-state index contributed by atoms with van der Waals surface area (Å²) < 4.78 is 24.6. The number of benzene rings is 8. The summed E-state index contributed by atoms with van der Waals surface area (Å²) in [5.74, 6) is 4.07. The largest absolute Gasteiger partial charge is 0.478 e. The number of aryl methyl sites for hydroxylation is 8. The van der Waals surface area contributed by atoms with Crippen LogP contribution in [0.15, 0.2) is 133 Å². The van der Waals surface area contributed by atoms with Crippen molar-refractivity contribution >= 4 is 11.4 Å². The Bertz CT molecular complexity index is 3720. The minimum atomic E-state index is -0.163. The van der Waals surface area contributed by atoms with Gasteiger partial charge in [-0.15, -0.1) is 0 Å². The minimum Gasteiger partial charge on any atom is -0.478 e. The molecule has 0 saturated heterocycles. The number of fused-ring (bicyclic) bond motifs is 4. The second kappa shape index (κ2) is 22.7. The predicted molar refractivity (Wildman–Crippen MR) is 337 cm³/mol. The van der Waals surface area contributed by atoms with Gasteiger partial charge in [0.1, 0.15) is 36.5 Å². The van der Waals surface area contributed by atoms with Gasteiger partial charge in [0.2, 0.25) is 0 Å². The van der Waals surface area contributed by atoms with Gasteiger partial charge < -0.3 is 28.7 Å². The van der Waals surface area contributed by atoms with E-state index in [1.54, 1.807) is 0 Å². The molecule has 8 aromatic rings. The fraction of sp³-hybridized carbons (Fsp3) is 0.351. The molecule has 0 aliphatic carbocycles. The molecule has 8 aromatic carbocycles. The lowest BCUT2D eigenvalue weighted by molar-refractivity contribution is 0.120. The highest BCUT2D eigenvalue weighted by atomic mass is 16.5. The normalized spacial score (nSPS) is 15.1. The van der Waals surface area contributed by atoms with E-state index in [-0.39, 0.29) is 10.8 Å². The van der Waals surface area contributed by atoms with Gasteiger partial charge in [-0.2, -0.15) is 0 Å². The number of nitrogens with zero attached hydrogens (tertiary/aromatic N) is 4. The Balaban J connectivity index is 0.000000172. The van der Waals surface area contributed by atoms with Crippen LogP contribution in [0.2, 0.25) is 0 Å². The third-order valence-corrected chi connectivity index (χ3v) is 18.1. The lowest BCUT2D eigenvalue weighted by Crippen LogP contribution is -2.33. The van der Waals surface area contributed by atoms with Crippen molar-refractivity contribution in [2.45, 2.75) is 133 Å². The average molecular weight is 1090 g/mol. The molecular weight excluding hydrogens is 1010 g/mol. The van der Waals surface area contributed by atoms with Crippen molar-refractivity contribution < 1.29 is 18.9 Å². The van der Waals surface area contributed by atoms with Crippen LogP contribution in [0.3, 0.4) is 0 Å². The van der Waals surface area contributed by atoms with Crippen LogP contribution in [0.1, 0.15) is 139 Å². The molecule has 0 saturated carbocycles. The van der Waals surface area contributed by atoms with E-state index in [9.17, 15) is 0 Å². The Morgan fingerprint density at radius 2 is 0.695 bits per heavy atom. The zero-order valence-corrected chi connectivity index (χ0v) is 51.2. The Morgan fingerprint density at radius 3 is 1.18 bits per heavy atom. The first-order valence-electron chi connectivity index (χ1n) is 29.4. The molecule has 82 heavy (non-hydrogen) atoms. The number of hydrogen-bond donors (Lipinski definition) is 0. The first-order valence-corrected chi connectivity index (χ1v) is 29.4. The molecule has 0 bridgehead atoms. The van der Waals surface area contributed by atoms with Gasteiger partial charge in [0.15, 0.2) is 13.5 Å². The predicted octanol–water partition coefficient (Wildman–Crippen LogP) is 16.0. The molecule has 12 rings (SSSR count). The van der Waals surface area contributed by atoms with Crippen LogP contribution in [0.25, 0.3) is 0 Å². The van der Waals surface area contributed by atoms with Gasteiger partial charge in [-0.3, -0.25) is 9.80 Å². The summed E-state index contributed by atoms with van der Waals surface area (Å²) in [5.41, 5.74) is 28.2. The van der Waals surface area contributed by atoms with Gasteiger partial charge in [-0.05, 0) is 220 Å². The van der Waals surface area contributed by atoms with Crippen molar-refractivity contribution in [2.75, 3.05) is 50.8 Å². The smallest absolute Gasteiger partial charge is 0.161 e. The summed E-state index contributed by atoms with van der Waals surface area (Å²) in [6.07, 6.45) is 1.90. The van der Waals surface area contributed by atoms with E-state index in [0.717, 1.165) is 62.0 Å². The molecule has 0 radical (unpaired) electrons. The quantitative estimate of drug-likeness (QED) is 0.134. The lowest BCUT2D eigenvalue weighted by atomic mass is 9.75. The Kier molecular flexibility index (Phi) is 15.6. The summed E-state index contributed by atoms with van der Waals surface area (Å²) in [4.78, 5) is 9.12. The van der Waals surface area contributed by atoms with E-state index in [1.165, 1.54) is 123 Å². The molecule has 0 atom stereocenters. The van der Waals surface area contributed by atoms with Crippen molar-refractivity contribution in [3.05, 3.63) is 245 Å². The molecule has 4 aliphatic heterocycles. The topological polar surface area (TPSA) is 49.9 Å². The summed E-state index contributed by atoms with van der Waals surface area (Å²) in [5, 5.41) is 0. The van der Waals surface area contributed by atoms with Crippen LogP contribution >= 0.6 is 0 Å². The van der Waals surface area contributed by atoms with E-state index in [0.29, 0.717) is 26.9 Å². The number of ether oxygens (including phenoxy) is 4. The molecule has 0 amide bonds. The third-order valence-electron chi connectivity index (χ3n) is 18.1. The highest BCUT2D eigenvalue weighted by Gasteiger charge is 2.32. The van der Waals surface area contributed by atoms with Gasteiger partial charge in [0.05, 0.1) is 0 Å². The van der Waals surface area contributed by atoms with Gasteiger partial charge in [0, 0.05) is 70.6 Å². The lowest BCUT2D eigenvalue weighted by Gasteiger charge is -2.35. The van der Waals surface area contributed by atoms with Crippen molar-refractivity contribution in [3.63, 3.8) is 0 Å². The van der Waals surface area contributed by atoms with Crippen LogP contribution in [0.4, 0.5) is 11.4 Å². The standard InChI is InChI=1S/C38H44N2O2.C36H40N2O2/c1-24-9-10-29(13-25(24)2)17-30-11-12-35(26(3)14-30)40-21-32-19-34(16-28(5)37(32)42-23-40)38(6,7)33-15-27(4)36-31(18-33)20-39(8)22-41-36;1-24-7-8-27(15-25(24)2)17-28-9-12-33(26(3)16-28)38-21-30-19-32(11-14-35(30)40-23-38)36(4,5)31-10-13-34-29(18-31)20-37(6)22-39-34/h9-16,18-19H,17,20-23H2,1-8H3;7-16,18-19H,17,20-23H2,1-6H3. The van der Waals surface area contributed by atoms with Crippen LogP contribution in [0.5, 0.6) is 23.0 Å². The van der Waals surface area contributed by atoms with Crippen molar-refractivity contribution in [1.82, 2.24) is 9.80 Å². The fourth-order valence-electron chi connectivity index (χ4n) is 12.7. The number of anilines is 2. The maximum absolute atomic E-state index is 6.41. The maximum atomic E-state index is 6.41. The fourth-order valence-corrected chi connectivity index (χ4v) is 12.7. The highest BCUT2D eigenvalue weighted by molar-refractivity contribution is 5.61. The summed E-state index contributed by atoms with van der Waals surface area (Å²) in [6.45, 7) is 32.7. The van der Waals surface area contributed by atoms with Crippen LogP contribution in [-0.4, -0.2) is 50.8 Å². The molecule has 8 nitrogen and oxygen atoms in total. The molecular formula is C74H84N4O4. The van der Waals surface area contributed by atoms with Crippen molar-refractivity contribution in [1.29, 1.82) is 0 Å². The van der Waals surface area contributed by atoms with E-state index in [2.05, 4.69) is 250 Å². The van der Waals surface area contributed by atoms with E-state index < -0.39 is 0 Å². The summed E-state index contributed by atoms with van der Waals surface area (Å²) in [6, 6.07) is 50.0. The Labute approximate surface area is 489 Å². The second-order valence-electron chi connectivity index (χ2n) is 25.4. The van der Waals surface area contributed by atoms with Crippen molar-refractivity contribution in [2.24, 2.45) is 0 Å². The van der Waals surface area contributed by atoms with Gasteiger partial charge in [0.25, 0.3) is 0 Å². The molecule has 4 aliphatic rings. The molecule has 0 aromatic heterocycles. The molecule has 0 spiro atoms. The first-order chi connectivity index (χ1) is 39.2. The van der Waals surface area contributed by atoms with Gasteiger partial charge in [-0.1, -0.05) is 113 Å². The average Bonchev–Trinajstić information content (AvgIpc) is 3.64. The van der Waals surface area contributed by atoms with E-state index in [1.807, 2.05) is 0 Å². The van der Waals surface area contributed by atoms with Crippen molar-refractivity contribution in [3.8, 4) is 23.0 Å². The van der Waals surface area contributed by atoms with Gasteiger partial charge >= 0.3 is 0 Å². The number of hydrogen-bond acceptors (Lipinski definition) is 8.